The molecular formula is C20H22N2O3S. The summed E-state index contributed by atoms with van der Waals surface area (Å²) in [5.41, 5.74) is 1.40. The van der Waals surface area contributed by atoms with Crippen molar-refractivity contribution in [2.75, 3.05) is 6.61 Å². The number of hydrogen-bond donors (Lipinski definition) is 0. The van der Waals surface area contributed by atoms with Crippen molar-refractivity contribution in [2.45, 2.75) is 39.2 Å². The number of carbonyl (C=O) groups is 1. The van der Waals surface area contributed by atoms with Crippen LogP contribution >= 0.6 is 11.3 Å². The molecule has 0 radical (unpaired) electrons. The van der Waals surface area contributed by atoms with Crippen LogP contribution in [0.3, 0.4) is 0 Å². The molecule has 0 fully saturated rings. The molecule has 3 aromatic rings. The second-order valence-corrected chi connectivity index (χ2v) is 7.01. The Morgan fingerprint density at radius 2 is 2.04 bits per heavy atom. The summed E-state index contributed by atoms with van der Waals surface area (Å²) in [4.78, 5) is 30.0. The Kier molecular flexibility index (Phi) is 6.17. The number of aromatic nitrogens is 2. The quantitative estimate of drug-likeness (QED) is 0.443. The molecule has 26 heavy (non-hydrogen) atoms. The highest BCUT2D eigenvalue weighted by molar-refractivity contribution is 7.17. The molecule has 0 atom stereocenters. The maximum absolute atomic E-state index is 12.8. The first kappa shape index (κ1) is 18.3. The first-order chi connectivity index (χ1) is 12.7. The molecule has 1 aromatic carbocycles. The van der Waals surface area contributed by atoms with Crippen molar-refractivity contribution in [2.24, 2.45) is 0 Å². The number of ether oxygens (including phenoxy) is 1. The van der Waals surface area contributed by atoms with Crippen molar-refractivity contribution in [3.05, 3.63) is 63.5 Å². The topological polar surface area (TPSA) is 61.2 Å². The minimum atomic E-state index is -0.439. The summed E-state index contributed by atoms with van der Waals surface area (Å²) in [7, 11) is 0. The predicted molar refractivity (Wildman–Crippen MR) is 104 cm³/mol. The summed E-state index contributed by atoms with van der Waals surface area (Å²) in [5, 5.41) is 2.04. The van der Waals surface area contributed by atoms with E-state index >= 15 is 0 Å². The van der Waals surface area contributed by atoms with Crippen molar-refractivity contribution < 1.29 is 9.53 Å². The van der Waals surface area contributed by atoms with Gasteiger partial charge in [-0.2, -0.15) is 0 Å². The Hall–Kier alpha value is -2.47. The molecule has 0 saturated heterocycles. The second-order valence-electron chi connectivity index (χ2n) is 6.15. The normalized spacial score (nSPS) is 11.0. The number of fused-ring (bicyclic) bond motifs is 1. The lowest BCUT2D eigenvalue weighted by molar-refractivity contribution is 0.0502. The minimum absolute atomic E-state index is 0.174. The number of benzene rings is 1. The molecular weight excluding hydrogens is 348 g/mol. The molecule has 0 amide bonds. The predicted octanol–water partition coefficient (Wildman–Crippen LogP) is 4.05. The Morgan fingerprint density at radius 3 is 2.81 bits per heavy atom. The van der Waals surface area contributed by atoms with Crippen LogP contribution in [-0.4, -0.2) is 22.1 Å². The van der Waals surface area contributed by atoms with E-state index in [0.717, 1.165) is 25.7 Å². The highest BCUT2D eigenvalue weighted by Crippen LogP contribution is 2.21. The van der Waals surface area contributed by atoms with Crippen LogP contribution in [0.25, 0.3) is 10.2 Å². The SMILES string of the molecule is CCCCOC(=O)c1csc2ncn(CCCc3ccccc3)c(=O)c12. The lowest BCUT2D eigenvalue weighted by atomic mass is 10.1. The van der Waals surface area contributed by atoms with Gasteiger partial charge in [-0.05, 0) is 24.8 Å². The summed E-state index contributed by atoms with van der Waals surface area (Å²) in [5.74, 6) is -0.439. The molecule has 0 unspecified atom stereocenters. The Balaban J connectivity index is 1.75. The van der Waals surface area contributed by atoms with Gasteiger partial charge in [-0.1, -0.05) is 43.7 Å². The highest BCUT2D eigenvalue weighted by atomic mass is 32.1. The van der Waals surface area contributed by atoms with Crippen molar-refractivity contribution in [3.8, 4) is 0 Å². The van der Waals surface area contributed by atoms with Crippen LogP contribution < -0.4 is 5.56 Å². The minimum Gasteiger partial charge on any atom is -0.462 e. The summed E-state index contributed by atoms with van der Waals surface area (Å²) >= 11 is 1.30. The average Bonchev–Trinajstić information content (AvgIpc) is 3.10. The number of thiophene rings is 1. The second kappa shape index (κ2) is 8.76. The zero-order valence-corrected chi connectivity index (χ0v) is 15.6. The molecule has 136 valence electrons. The van der Waals surface area contributed by atoms with E-state index in [2.05, 4.69) is 17.1 Å². The molecule has 0 aliphatic carbocycles. The van der Waals surface area contributed by atoms with E-state index in [-0.39, 0.29) is 5.56 Å². The van der Waals surface area contributed by atoms with Gasteiger partial charge in [0.2, 0.25) is 0 Å². The zero-order chi connectivity index (χ0) is 18.4. The maximum atomic E-state index is 12.8. The highest BCUT2D eigenvalue weighted by Gasteiger charge is 2.18. The van der Waals surface area contributed by atoms with Gasteiger partial charge in [-0.25, -0.2) is 9.78 Å². The number of hydrogen-bond acceptors (Lipinski definition) is 5. The van der Waals surface area contributed by atoms with Crippen LogP contribution in [0.15, 0.2) is 46.8 Å². The van der Waals surface area contributed by atoms with Crippen LogP contribution in [0, 0.1) is 0 Å². The molecule has 0 spiro atoms. The van der Waals surface area contributed by atoms with Crippen molar-refractivity contribution in [1.82, 2.24) is 9.55 Å². The van der Waals surface area contributed by atoms with E-state index < -0.39 is 5.97 Å². The lowest BCUT2D eigenvalue weighted by Gasteiger charge is -2.06. The van der Waals surface area contributed by atoms with Gasteiger partial charge in [-0.15, -0.1) is 11.3 Å². The van der Waals surface area contributed by atoms with E-state index in [9.17, 15) is 9.59 Å². The molecule has 2 aromatic heterocycles. The Morgan fingerprint density at radius 1 is 1.23 bits per heavy atom. The smallest absolute Gasteiger partial charge is 0.339 e. The molecule has 0 N–H and O–H groups in total. The van der Waals surface area contributed by atoms with Gasteiger partial charge in [0.1, 0.15) is 4.83 Å². The van der Waals surface area contributed by atoms with Gasteiger partial charge in [0.25, 0.3) is 5.56 Å². The number of esters is 1. The summed E-state index contributed by atoms with van der Waals surface area (Å²) in [6, 6.07) is 10.2. The third-order valence-electron chi connectivity index (χ3n) is 4.22. The fourth-order valence-corrected chi connectivity index (χ4v) is 3.63. The van der Waals surface area contributed by atoms with Crippen LogP contribution in [0.2, 0.25) is 0 Å². The van der Waals surface area contributed by atoms with E-state index in [1.807, 2.05) is 25.1 Å². The standard InChI is InChI=1S/C20H22N2O3S/c1-2-3-12-25-20(24)16-13-26-18-17(16)19(23)22(14-21-18)11-7-10-15-8-5-4-6-9-15/h4-6,8-9,13-14H,2-3,7,10-12H2,1H3. The van der Waals surface area contributed by atoms with Gasteiger partial charge in [0.05, 0.1) is 23.9 Å². The fraction of sp³-hybridized carbons (Fsp3) is 0.350. The first-order valence-electron chi connectivity index (χ1n) is 8.88. The average molecular weight is 370 g/mol. The van der Waals surface area contributed by atoms with Crippen LogP contribution in [-0.2, 0) is 17.7 Å². The van der Waals surface area contributed by atoms with Gasteiger partial charge in [-0.3, -0.25) is 9.36 Å². The van der Waals surface area contributed by atoms with E-state index in [1.165, 1.54) is 16.9 Å². The van der Waals surface area contributed by atoms with Crippen LogP contribution in [0.1, 0.15) is 42.1 Å². The number of nitrogens with zero attached hydrogens (tertiary/aromatic N) is 2. The third-order valence-corrected chi connectivity index (χ3v) is 5.11. The van der Waals surface area contributed by atoms with Crippen molar-refractivity contribution in [1.29, 1.82) is 0 Å². The van der Waals surface area contributed by atoms with E-state index in [0.29, 0.717) is 28.9 Å². The largest absolute Gasteiger partial charge is 0.462 e. The number of rotatable bonds is 8. The summed E-state index contributed by atoms with van der Waals surface area (Å²) in [6.07, 6.45) is 5.06. The van der Waals surface area contributed by atoms with E-state index in [1.54, 1.807) is 16.3 Å². The van der Waals surface area contributed by atoms with Crippen LogP contribution in [0.4, 0.5) is 0 Å². The van der Waals surface area contributed by atoms with Crippen molar-refractivity contribution in [3.63, 3.8) is 0 Å². The number of carbonyl (C=O) groups excluding carboxylic acids is 1. The summed E-state index contributed by atoms with van der Waals surface area (Å²) in [6.45, 7) is 2.97. The van der Waals surface area contributed by atoms with Gasteiger partial charge in [0, 0.05) is 11.9 Å². The third kappa shape index (κ3) is 4.19. The zero-order valence-electron chi connectivity index (χ0n) is 14.8. The van der Waals surface area contributed by atoms with Crippen molar-refractivity contribution >= 4 is 27.5 Å². The molecule has 0 aliphatic rings. The fourth-order valence-electron chi connectivity index (χ4n) is 2.76. The van der Waals surface area contributed by atoms with Gasteiger partial charge >= 0.3 is 5.97 Å². The molecule has 3 rings (SSSR count). The lowest BCUT2D eigenvalue weighted by Crippen LogP contribution is -2.22. The molecule has 2 heterocycles. The molecule has 0 aliphatic heterocycles. The maximum Gasteiger partial charge on any atom is 0.339 e. The Bertz CT molecular complexity index is 931. The monoisotopic (exact) mass is 370 g/mol. The van der Waals surface area contributed by atoms with Crippen LogP contribution in [0.5, 0.6) is 0 Å². The molecule has 0 saturated carbocycles. The molecule has 6 heteroatoms. The van der Waals surface area contributed by atoms with Gasteiger partial charge < -0.3 is 4.74 Å². The molecule has 5 nitrogen and oxygen atoms in total. The number of unbranched alkanes of at least 4 members (excludes halogenated alkanes) is 1. The molecule has 0 bridgehead atoms. The van der Waals surface area contributed by atoms with E-state index in [4.69, 9.17) is 4.74 Å². The summed E-state index contributed by atoms with van der Waals surface area (Å²) < 4.78 is 6.84. The van der Waals surface area contributed by atoms with Gasteiger partial charge in [0.15, 0.2) is 0 Å². The first-order valence-corrected chi connectivity index (χ1v) is 9.76. The Labute approximate surface area is 156 Å². The number of aryl methyl sites for hydroxylation is 2.